The van der Waals surface area contributed by atoms with Crippen molar-refractivity contribution < 1.29 is 15.0 Å². The van der Waals surface area contributed by atoms with Gasteiger partial charge in [-0.25, -0.2) is 0 Å². The van der Waals surface area contributed by atoms with E-state index < -0.39 is 6.04 Å². The summed E-state index contributed by atoms with van der Waals surface area (Å²) in [7, 11) is 0. The average Bonchev–Trinajstić information content (AvgIpc) is 2.10. The van der Waals surface area contributed by atoms with Crippen molar-refractivity contribution in [2.45, 2.75) is 18.9 Å². The lowest BCUT2D eigenvalue weighted by Gasteiger charge is -2.08. The Morgan fingerprint density at radius 2 is 2.00 bits per heavy atom. The summed E-state index contributed by atoms with van der Waals surface area (Å²) in [5.41, 5.74) is 5.22. The van der Waals surface area contributed by atoms with Crippen molar-refractivity contribution in [1.82, 2.24) is 5.32 Å². The van der Waals surface area contributed by atoms with E-state index in [0.29, 0.717) is 13.0 Å². The van der Waals surface area contributed by atoms with Crippen LogP contribution < -0.4 is 11.1 Å². The highest BCUT2D eigenvalue weighted by molar-refractivity contribution is 5.85. The molecule has 0 spiro atoms. The van der Waals surface area contributed by atoms with Gasteiger partial charge in [0.05, 0.1) is 6.61 Å². The summed E-state index contributed by atoms with van der Waals surface area (Å²) in [5, 5.41) is 19.4. The quantitative estimate of drug-likeness (QED) is 0.408. The molecular weight excluding hydrogens is 196 g/mol. The zero-order valence-electron chi connectivity index (χ0n) is 7.40. The normalized spacial score (nSPS) is 11.6. The molecule has 0 aromatic heterocycles. The van der Waals surface area contributed by atoms with Gasteiger partial charge < -0.3 is 21.3 Å². The van der Waals surface area contributed by atoms with E-state index in [1.807, 2.05) is 0 Å². The fourth-order valence-corrected chi connectivity index (χ4v) is 0.662. The van der Waals surface area contributed by atoms with Gasteiger partial charge >= 0.3 is 0 Å². The predicted octanol–water partition coefficient (Wildman–Crippen LogP) is -1.38. The van der Waals surface area contributed by atoms with Crippen LogP contribution in [-0.2, 0) is 4.79 Å². The summed E-state index contributed by atoms with van der Waals surface area (Å²) in [6.07, 6.45) is 1.38. The molecule has 5 N–H and O–H groups in total. The van der Waals surface area contributed by atoms with Crippen LogP contribution in [0.5, 0.6) is 0 Å². The first-order valence-corrected chi connectivity index (χ1v) is 3.97. The van der Waals surface area contributed by atoms with Gasteiger partial charge in [0.1, 0.15) is 6.04 Å². The van der Waals surface area contributed by atoms with E-state index >= 15 is 0 Å². The van der Waals surface area contributed by atoms with E-state index in [2.05, 4.69) is 5.32 Å². The summed E-state index contributed by atoms with van der Waals surface area (Å²) >= 11 is 0. The molecule has 0 fully saturated rings. The van der Waals surface area contributed by atoms with E-state index in [9.17, 15) is 4.79 Å². The Morgan fingerprint density at radius 1 is 1.38 bits per heavy atom. The fraction of sp³-hybridized carbons (Fsp3) is 0.857. The number of nitrogens with one attached hydrogen (secondary N) is 1. The number of rotatable bonds is 6. The summed E-state index contributed by atoms with van der Waals surface area (Å²) in [6, 6.07) is -0.834. The second-order valence-electron chi connectivity index (χ2n) is 2.51. The van der Waals surface area contributed by atoms with E-state index in [0.717, 1.165) is 6.42 Å². The first-order chi connectivity index (χ1) is 5.72. The van der Waals surface area contributed by atoms with Crippen LogP contribution >= 0.6 is 12.4 Å². The molecule has 1 atom stereocenters. The summed E-state index contributed by atoms with van der Waals surface area (Å²) in [5.74, 6) is -0.351. The second kappa shape index (κ2) is 9.73. The number of nitrogens with two attached hydrogens (primary N) is 1. The first kappa shape index (κ1) is 15.1. The van der Waals surface area contributed by atoms with Crippen LogP contribution in [0, 0.1) is 0 Å². The standard InChI is InChI=1S/C7H16N2O3.ClH/c8-6(5-11)7(12)9-3-1-2-4-10;/h6,10-11H,1-5,8H2,(H,9,12);1H/t6-;/m0./s1. The highest BCUT2D eigenvalue weighted by Gasteiger charge is 2.09. The summed E-state index contributed by atoms with van der Waals surface area (Å²) in [6.45, 7) is 0.279. The average molecular weight is 213 g/mol. The molecule has 0 radical (unpaired) electrons. The second-order valence-corrected chi connectivity index (χ2v) is 2.51. The Morgan fingerprint density at radius 3 is 2.46 bits per heavy atom. The van der Waals surface area contributed by atoms with Crippen LogP contribution in [0.4, 0.5) is 0 Å². The lowest BCUT2D eigenvalue weighted by Crippen LogP contribution is -2.43. The SMILES string of the molecule is Cl.N[C@@H](CO)C(=O)NCCCCO. The molecular formula is C7H17ClN2O3. The van der Waals surface area contributed by atoms with Crippen molar-refractivity contribution in [2.24, 2.45) is 5.73 Å². The molecule has 6 heteroatoms. The van der Waals surface area contributed by atoms with Gasteiger partial charge in [0.2, 0.25) is 5.91 Å². The Bertz CT molecular complexity index is 135. The molecule has 0 bridgehead atoms. The maximum absolute atomic E-state index is 10.9. The van der Waals surface area contributed by atoms with E-state index in [1.165, 1.54) is 0 Å². The van der Waals surface area contributed by atoms with E-state index in [4.69, 9.17) is 15.9 Å². The lowest BCUT2D eigenvalue weighted by atomic mass is 10.3. The van der Waals surface area contributed by atoms with Gasteiger partial charge in [-0.15, -0.1) is 12.4 Å². The number of halogens is 1. The molecule has 0 rings (SSSR count). The van der Waals surface area contributed by atoms with Gasteiger partial charge in [-0.1, -0.05) is 0 Å². The third kappa shape index (κ3) is 7.98. The predicted molar refractivity (Wildman–Crippen MR) is 51.6 cm³/mol. The smallest absolute Gasteiger partial charge is 0.239 e. The largest absolute Gasteiger partial charge is 0.396 e. The molecule has 0 aromatic carbocycles. The molecule has 0 unspecified atom stereocenters. The maximum atomic E-state index is 10.9. The molecule has 13 heavy (non-hydrogen) atoms. The molecule has 0 saturated heterocycles. The minimum Gasteiger partial charge on any atom is -0.396 e. The molecule has 80 valence electrons. The van der Waals surface area contributed by atoms with Gasteiger partial charge in [0.15, 0.2) is 0 Å². The number of carbonyl (C=O) groups excluding carboxylic acids is 1. The number of hydrogen-bond acceptors (Lipinski definition) is 4. The van der Waals surface area contributed by atoms with Gasteiger partial charge in [0, 0.05) is 13.2 Å². The van der Waals surface area contributed by atoms with Gasteiger partial charge in [-0.3, -0.25) is 4.79 Å². The highest BCUT2D eigenvalue weighted by atomic mass is 35.5. The van der Waals surface area contributed by atoms with Crippen LogP contribution in [0.2, 0.25) is 0 Å². The summed E-state index contributed by atoms with van der Waals surface area (Å²) < 4.78 is 0. The Hall–Kier alpha value is -0.360. The first-order valence-electron chi connectivity index (χ1n) is 3.97. The monoisotopic (exact) mass is 212 g/mol. The van der Waals surface area contributed by atoms with Gasteiger partial charge in [0.25, 0.3) is 0 Å². The molecule has 1 amide bonds. The van der Waals surface area contributed by atoms with Gasteiger partial charge in [-0.05, 0) is 12.8 Å². The molecule has 0 aromatic rings. The molecule has 0 aliphatic carbocycles. The minimum absolute atomic E-state index is 0. The molecule has 5 nitrogen and oxygen atoms in total. The van der Waals surface area contributed by atoms with Crippen LogP contribution in [0.3, 0.4) is 0 Å². The van der Waals surface area contributed by atoms with Crippen LogP contribution in [0.25, 0.3) is 0 Å². The zero-order chi connectivity index (χ0) is 9.40. The third-order valence-electron chi connectivity index (χ3n) is 1.42. The van der Waals surface area contributed by atoms with Crippen molar-refractivity contribution in [3.63, 3.8) is 0 Å². The fourth-order valence-electron chi connectivity index (χ4n) is 0.662. The van der Waals surface area contributed by atoms with Crippen LogP contribution in [0.1, 0.15) is 12.8 Å². The molecule has 0 saturated carbocycles. The highest BCUT2D eigenvalue weighted by Crippen LogP contribution is 1.84. The van der Waals surface area contributed by atoms with Crippen molar-refractivity contribution >= 4 is 18.3 Å². The van der Waals surface area contributed by atoms with Crippen molar-refractivity contribution in [3.8, 4) is 0 Å². The number of amides is 1. The minimum atomic E-state index is -0.834. The maximum Gasteiger partial charge on any atom is 0.239 e. The van der Waals surface area contributed by atoms with E-state index in [1.54, 1.807) is 0 Å². The Balaban J connectivity index is 0. The van der Waals surface area contributed by atoms with Crippen molar-refractivity contribution in [1.29, 1.82) is 0 Å². The Labute approximate surface area is 83.7 Å². The topological polar surface area (TPSA) is 95.6 Å². The molecule has 0 aliphatic rings. The molecule has 0 heterocycles. The van der Waals surface area contributed by atoms with Crippen LogP contribution in [-0.4, -0.2) is 41.9 Å². The number of carbonyl (C=O) groups is 1. The van der Waals surface area contributed by atoms with Crippen LogP contribution in [0.15, 0.2) is 0 Å². The van der Waals surface area contributed by atoms with Crippen molar-refractivity contribution in [2.75, 3.05) is 19.8 Å². The van der Waals surface area contributed by atoms with Crippen molar-refractivity contribution in [3.05, 3.63) is 0 Å². The van der Waals surface area contributed by atoms with E-state index in [-0.39, 0.29) is 31.5 Å². The van der Waals surface area contributed by atoms with Gasteiger partial charge in [-0.2, -0.15) is 0 Å². The molecule has 0 aliphatic heterocycles. The third-order valence-corrected chi connectivity index (χ3v) is 1.42. The summed E-state index contributed by atoms with van der Waals surface area (Å²) in [4.78, 5) is 10.9. The number of hydrogen-bond donors (Lipinski definition) is 4. The lowest BCUT2D eigenvalue weighted by molar-refractivity contribution is -0.123. The Kier molecular flexibility index (Phi) is 11.3. The number of aliphatic hydroxyl groups is 2. The number of unbranched alkanes of at least 4 members (excludes halogenated alkanes) is 1. The number of aliphatic hydroxyl groups excluding tert-OH is 2. The zero-order valence-corrected chi connectivity index (χ0v) is 8.22.